The number of carbonyl (C=O) groups is 1. The number of ether oxygens (including phenoxy) is 1. The standard InChI is InChI=1S/C30H28N4O3S/c1-3-17-34(28-25(29(35)37-4-2)18-22-9-5-8-12-26(22)31-28)19-20-13-15-21(16-14-20)23-10-6-7-11-24(23)27-32-30(36)38-33-27/h5-16,18H,3-4,17,19H2,1-2H3,(H,32,33,36). The van der Waals surface area contributed by atoms with Crippen LogP contribution in [0.4, 0.5) is 5.82 Å². The summed E-state index contributed by atoms with van der Waals surface area (Å²) in [7, 11) is 0. The lowest BCUT2D eigenvalue weighted by atomic mass is 9.98. The fourth-order valence-corrected chi connectivity index (χ4v) is 5.01. The van der Waals surface area contributed by atoms with Crippen LogP contribution in [0.1, 0.15) is 36.2 Å². The number of esters is 1. The number of carbonyl (C=O) groups excluding carboxylic acids is 1. The topological polar surface area (TPSA) is 88.2 Å². The summed E-state index contributed by atoms with van der Waals surface area (Å²) in [5.41, 5.74) is 5.30. The van der Waals surface area contributed by atoms with Crippen molar-refractivity contribution in [3.8, 4) is 22.5 Å². The lowest BCUT2D eigenvalue weighted by molar-refractivity contribution is 0.0527. The lowest BCUT2D eigenvalue weighted by Gasteiger charge is -2.26. The number of aromatic amines is 1. The molecule has 2 aromatic heterocycles. The normalized spacial score (nSPS) is 11.0. The van der Waals surface area contributed by atoms with Crippen LogP contribution in [0.15, 0.2) is 83.7 Å². The third kappa shape index (κ3) is 5.35. The molecule has 0 aliphatic rings. The number of nitrogens with one attached hydrogen (secondary N) is 1. The molecule has 0 spiro atoms. The maximum absolute atomic E-state index is 12.9. The second kappa shape index (κ2) is 11.4. The minimum Gasteiger partial charge on any atom is -0.462 e. The van der Waals surface area contributed by atoms with E-state index in [-0.39, 0.29) is 10.8 Å². The van der Waals surface area contributed by atoms with Crippen molar-refractivity contribution < 1.29 is 9.53 Å². The summed E-state index contributed by atoms with van der Waals surface area (Å²) >= 11 is 0.986. The number of hydrogen-bond acceptors (Lipinski definition) is 7. The number of pyridine rings is 1. The van der Waals surface area contributed by atoms with E-state index in [1.54, 1.807) is 0 Å². The van der Waals surface area contributed by atoms with Gasteiger partial charge in [0.2, 0.25) is 0 Å². The highest BCUT2D eigenvalue weighted by Crippen LogP contribution is 2.31. The molecule has 0 unspecified atom stereocenters. The Kier molecular flexibility index (Phi) is 7.60. The molecule has 0 saturated heterocycles. The molecular formula is C30H28N4O3S. The van der Waals surface area contributed by atoms with E-state index in [4.69, 9.17) is 9.72 Å². The number of aromatic nitrogens is 3. The first kappa shape index (κ1) is 25.4. The van der Waals surface area contributed by atoms with E-state index >= 15 is 0 Å². The first-order chi connectivity index (χ1) is 18.6. The Labute approximate surface area is 224 Å². The van der Waals surface area contributed by atoms with Crippen LogP contribution in [-0.4, -0.2) is 33.5 Å². The van der Waals surface area contributed by atoms with Gasteiger partial charge in [0.15, 0.2) is 5.82 Å². The number of fused-ring (bicyclic) bond motifs is 1. The largest absolute Gasteiger partial charge is 0.462 e. The third-order valence-electron chi connectivity index (χ3n) is 6.25. The molecule has 0 fully saturated rings. The van der Waals surface area contributed by atoms with E-state index in [1.165, 1.54) is 0 Å². The van der Waals surface area contributed by atoms with Gasteiger partial charge in [-0.2, -0.15) is 4.98 Å². The van der Waals surface area contributed by atoms with Gasteiger partial charge in [0.25, 0.3) is 0 Å². The van der Waals surface area contributed by atoms with Gasteiger partial charge in [0.1, 0.15) is 11.4 Å². The monoisotopic (exact) mass is 524 g/mol. The summed E-state index contributed by atoms with van der Waals surface area (Å²) in [6.45, 7) is 5.55. The van der Waals surface area contributed by atoms with Gasteiger partial charge in [0.05, 0.1) is 12.1 Å². The quantitative estimate of drug-likeness (QED) is 0.228. The maximum Gasteiger partial charge on any atom is 0.344 e. The minimum absolute atomic E-state index is 0.245. The SMILES string of the molecule is CCCN(Cc1ccc(-c2ccccc2-c2nc(=O)s[nH]2)cc1)c1nc2ccccc2cc1C(=O)OCC. The molecule has 192 valence electrons. The second-order valence-corrected chi connectivity index (χ2v) is 9.62. The molecule has 38 heavy (non-hydrogen) atoms. The smallest absolute Gasteiger partial charge is 0.344 e. The number of para-hydroxylation sites is 1. The first-order valence-electron chi connectivity index (χ1n) is 12.6. The van der Waals surface area contributed by atoms with Gasteiger partial charge < -0.3 is 9.64 Å². The highest BCUT2D eigenvalue weighted by Gasteiger charge is 2.21. The number of anilines is 1. The van der Waals surface area contributed by atoms with Crippen LogP contribution in [0, 0.1) is 0 Å². The number of H-pyrrole nitrogens is 1. The van der Waals surface area contributed by atoms with Gasteiger partial charge in [-0.1, -0.05) is 73.7 Å². The van der Waals surface area contributed by atoms with Gasteiger partial charge in [-0.15, -0.1) is 0 Å². The van der Waals surface area contributed by atoms with Crippen molar-refractivity contribution in [3.05, 3.63) is 99.7 Å². The molecule has 7 nitrogen and oxygen atoms in total. The molecule has 0 aliphatic heterocycles. The zero-order valence-electron chi connectivity index (χ0n) is 21.3. The van der Waals surface area contributed by atoms with Crippen molar-refractivity contribution in [3.63, 3.8) is 0 Å². The molecule has 8 heteroatoms. The molecule has 0 radical (unpaired) electrons. The molecule has 0 aliphatic carbocycles. The van der Waals surface area contributed by atoms with E-state index in [9.17, 15) is 9.59 Å². The van der Waals surface area contributed by atoms with Crippen molar-refractivity contribution in [1.29, 1.82) is 0 Å². The molecule has 5 aromatic rings. The second-order valence-electron chi connectivity index (χ2n) is 8.87. The van der Waals surface area contributed by atoms with Gasteiger partial charge in [0, 0.05) is 35.6 Å². The van der Waals surface area contributed by atoms with Crippen molar-refractivity contribution in [2.45, 2.75) is 26.8 Å². The van der Waals surface area contributed by atoms with Crippen LogP contribution in [0.3, 0.4) is 0 Å². The van der Waals surface area contributed by atoms with E-state index in [2.05, 4.69) is 45.4 Å². The zero-order chi connectivity index (χ0) is 26.5. The summed E-state index contributed by atoms with van der Waals surface area (Å²) in [6, 6.07) is 25.9. The van der Waals surface area contributed by atoms with E-state index in [0.29, 0.717) is 30.4 Å². The van der Waals surface area contributed by atoms with Crippen molar-refractivity contribution in [1.82, 2.24) is 14.3 Å². The van der Waals surface area contributed by atoms with Crippen LogP contribution in [-0.2, 0) is 11.3 Å². The molecule has 0 bridgehead atoms. The highest BCUT2D eigenvalue weighted by atomic mass is 32.1. The zero-order valence-corrected chi connectivity index (χ0v) is 22.1. The van der Waals surface area contributed by atoms with Gasteiger partial charge >= 0.3 is 10.8 Å². The molecule has 5 rings (SSSR count). The van der Waals surface area contributed by atoms with Crippen molar-refractivity contribution in [2.75, 3.05) is 18.1 Å². The Balaban J connectivity index is 1.48. The van der Waals surface area contributed by atoms with Gasteiger partial charge in [-0.05, 0) is 42.2 Å². The van der Waals surface area contributed by atoms with Crippen LogP contribution in [0.5, 0.6) is 0 Å². The number of rotatable bonds is 9. The maximum atomic E-state index is 12.9. The Hall–Kier alpha value is -4.30. The average molecular weight is 525 g/mol. The molecule has 2 heterocycles. The molecule has 0 saturated carbocycles. The van der Waals surface area contributed by atoms with Crippen LogP contribution in [0.25, 0.3) is 33.4 Å². The summed E-state index contributed by atoms with van der Waals surface area (Å²) in [4.78, 5) is 35.4. The fraction of sp³-hybridized carbons (Fsp3) is 0.200. The Morgan fingerprint density at radius 1 is 0.947 bits per heavy atom. The number of benzene rings is 3. The number of nitrogens with zero attached hydrogens (tertiary/aromatic N) is 3. The Morgan fingerprint density at radius 2 is 1.68 bits per heavy atom. The molecule has 3 aromatic carbocycles. The van der Waals surface area contributed by atoms with E-state index < -0.39 is 0 Å². The van der Waals surface area contributed by atoms with E-state index in [0.717, 1.165) is 57.7 Å². The van der Waals surface area contributed by atoms with Gasteiger partial charge in [-0.3, -0.25) is 9.17 Å². The third-order valence-corrected chi connectivity index (χ3v) is 6.81. The van der Waals surface area contributed by atoms with Gasteiger partial charge in [-0.25, -0.2) is 9.78 Å². The molecular weight excluding hydrogens is 496 g/mol. The molecule has 0 amide bonds. The summed E-state index contributed by atoms with van der Waals surface area (Å²) in [5, 5.41) is 0.903. The van der Waals surface area contributed by atoms with Crippen molar-refractivity contribution in [2.24, 2.45) is 0 Å². The minimum atomic E-state index is -0.367. The lowest BCUT2D eigenvalue weighted by Crippen LogP contribution is -2.27. The fourth-order valence-electron chi connectivity index (χ4n) is 4.53. The first-order valence-corrected chi connectivity index (χ1v) is 13.4. The molecule has 1 N–H and O–H groups in total. The van der Waals surface area contributed by atoms with Crippen LogP contribution < -0.4 is 9.77 Å². The predicted molar refractivity (Wildman–Crippen MR) is 153 cm³/mol. The summed E-state index contributed by atoms with van der Waals surface area (Å²) in [5.74, 6) is 0.836. The van der Waals surface area contributed by atoms with Crippen molar-refractivity contribution >= 4 is 34.2 Å². The predicted octanol–water partition coefficient (Wildman–Crippen LogP) is 6.31. The Bertz CT molecular complexity index is 1620. The Morgan fingerprint density at radius 3 is 2.39 bits per heavy atom. The summed E-state index contributed by atoms with van der Waals surface area (Å²) < 4.78 is 8.38. The number of hydrogen-bond donors (Lipinski definition) is 1. The summed E-state index contributed by atoms with van der Waals surface area (Å²) in [6.07, 6.45) is 0.897. The average Bonchev–Trinajstić information content (AvgIpc) is 3.38. The van der Waals surface area contributed by atoms with Crippen LogP contribution in [0.2, 0.25) is 0 Å². The highest BCUT2D eigenvalue weighted by molar-refractivity contribution is 7.03. The van der Waals surface area contributed by atoms with E-state index in [1.807, 2.05) is 61.5 Å². The van der Waals surface area contributed by atoms with Crippen LogP contribution >= 0.6 is 11.5 Å². The molecule has 0 atom stereocenters.